The molecule has 0 saturated heterocycles. The number of anilines is 1. The summed E-state index contributed by atoms with van der Waals surface area (Å²) >= 11 is 0.914. The van der Waals surface area contributed by atoms with Gasteiger partial charge in [0, 0.05) is 4.88 Å². The smallest absolute Gasteiger partial charge is 0.441 e. The molecule has 32 heavy (non-hydrogen) atoms. The topological polar surface area (TPSA) is 107 Å². The van der Waals surface area contributed by atoms with Crippen molar-refractivity contribution in [2.75, 3.05) is 19.0 Å². The Morgan fingerprint density at radius 3 is 2.53 bits per heavy atom. The lowest BCUT2D eigenvalue weighted by molar-refractivity contribution is -0.204. The highest BCUT2D eigenvalue weighted by molar-refractivity contribution is 7.16. The van der Waals surface area contributed by atoms with Crippen LogP contribution in [0.1, 0.15) is 51.1 Å². The summed E-state index contributed by atoms with van der Waals surface area (Å²) in [6.07, 6.45) is -1.63. The van der Waals surface area contributed by atoms with Crippen molar-refractivity contribution < 1.29 is 41.4 Å². The fourth-order valence-corrected chi connectivity index (χ4v) is 4.74. The van der Waals surface area contributed by atoms with Gasteiger partial charge >= 0.3 is 23.8 Å². The molecule has 8 nitrogen and oxygen atoms in total. The number of alkyl halides is 3. The minimum Gasteiger partial charge on any atom is -0.465 e. The van der Waals surface area contributed by atoms with Gasteiger partial charge in [-0.3, -0.25) is 4.79 Å². The van der Waals surface area contributed by atoms with Gasteiger partial charge in [0.15, 0.2) is 5.76 Å². The third-order valence-corrected chi connectivity index (χ3v) is 6.12. The quantitative estimate of drug-likeness (QED) is 0.466. The molecule has 0 radical (unpaired) electrons. The van der Waals surface area contributed by atoms with Crippen LogP contribution in [-0.2, 0) is 27.1 Å². The molecule has 0 unspecified atom stereocenters. The summed E-state index contributed by atoms with van der Waals surface area (Å²) < 4.78 is 57.6. The Balaban J connectivity index is 2.13. The van der Waals surface area contributed by atoms with Crippen molar-refractivity contribution >= 4 is 34.2 Å². The average molecular weight is 474 g/mol. The van der Waals surface area contributed by atoms with Crippen LogP contribution >= 0.6 is 11.3 Å². The van der Waals surface area contributed by atoms with E-state index in [1.165, 1.54) is 13.0 Å². The molecule has 0 spiro atoms. The largest absolute Gasteiger partial charge is 0.465 e. The lowest BCUT2D eigenvalue weighted by Crippen LogP contribution is -2.69. The number of methoxy groups -OCH3 is 1. The van der Waals surface area contributed by atoms with Gasteiger partial charge in [-0.25, -0.2) is 9.59 Å². The van der Waals surface area contributed by atoms with E-state index in [1.807, 2.05) is 0 Å². The highest BCUT2D eigenvalue weighted by Gasteiger charge is 2.64. The molecule has 0 aromatic carbocycles. The average Bonchev–Trinajstić information content (AvgIpc) is 3.39. The Morgan fingerprint density at radius 1 is 1.22 bits per heavy atom. The molecule has 2 aromatic rings. The Hall–Kier alpha value is -3.02. The van der Waals surface area contributed by atoms with Gasteiger partial charge in [0.05, 0.1) is 25.5 Å². The maximum atomic E-state index is 14.4. The van der Waals surface area contributed by atoms with E-state index in [0.29, 0.717) is 18.4 Å². The molecule has 174 valence electrons. The molecule has 1 amide bonds. The summed E-state index contributed by atoms with van der Waals surface area (Å²) in [6, 6.07) is 2.45. The molecule has 0 saturated carbocycles. The second kappa shape index (κ2) is 9.23. The molecule has 1 aliphatic carbocycles. The van der Waals surface area contributed by atoms with E-state index in [9.17, 15) is 27.6 Å². The Morgan fingerprint density at radius 2 is 1.94 bits per heavy atom. The Labute approximate surface area is 185 Å². The van der Waals surface area contributed by atoms with E-state index in [4.69, 9.17) is 9.15 Å². The predicted molar refractivity (Wildman–Crippen MR) is 108 cm³/mol. The van der Waals surface area contributed by atoms with E-state index < -0.39 is 35.4 Å². The second-order valence-electron chi connectivity index (χ2n) is 6.93. The maximum Gasteiger partial charge on any atom is 0.441 e. The number of hydrogen-bond acceptors (Lipinski definition) is 8. The van der Waals surface area contributed by atoms with Crippen LogP contribution in [0.25, 0.3) is 0 Å². The molecular weight excluding hydrogens is 453 g/mol. The third kappa shape index (κ3) is 4.31. The van der Waals surface area contributed by atoms with Crippen LogP contribution in [0.2, 0.25) is 0 Å². The lowest BCUT2D eigenvalue weighted by atomic mass is 9.95. The first kappa shape index (κ1) is 23.6. The predicted octanol–water partition coefficient (Wildman–Crippen LogP) is 3.67. The normalized spacial score (nSPS) is 15.3. The first-order valence-electron chi connectivity index (χ1n) is 9.75. The highest BCUT2D eigenvalue weighted by atomic mass is 32.1. The molecule has 2 N–H and O–H groups in total. The first-order valence-corrected chi connectivity index (χ1v) is 10.6. The minimum absolute atomic E-state index is 0.0858. The monoisotopic (exact) mass is 474 g/mol. The van der Waals surface area contributed by atoms with Gasteiger partial charge in [-0.2, -0.15) is 13.2 Å². The highest BCUT2D eigenvalue weighted by Crippen LogP contribution is 2.42. The Kier molecular flexibility index (Phi) is 6.82. The van der Waals surface area contributed by atoms with Gasteiger partial charge in [-0.15, -0.1) is 11.3 Å². The number of amides is 1. The summed E-state index contributed by atoms with van der Waals surface area (Å²) in [5.74, 6) is -4.36. The third-order valence-electron chi connectivity index (χ3n) is 4.91. The van der Waals surface area contributed by atoms with Crippen LogP contribution in [-0.4, -0.2) is 43.4 Å². The molecule has 1 atom stereocenters. The van der Waals surface area contributed by atoms with Gasteiger partial charge in [-0.1, -0.05) is 0 Å². The fraction of sp³-hybridized carbons (Fsp3) is 0.450. The molecule has 2 aromatic heterocycles. The number of rotatable bonds is 7. The maximum absolute atomic E-state index is 14.4. The molecular formula is C20H21F3N2O6S. The van der Waals surface area contributed by atoms with E-state index in [1.54, 1.807) is 5.32 Å². The summed E-state index contributed by atoms with van der Waals surface area (Å²) in [6.45, 7) is 0.955. The summed E-state index contributed by atoms with van der Waals surface area (Å²) in [7, 11) is 1.11. The molecule has 3 rings (SSSR count). The van der Waals surface area contributed by atoms with Gasteiger partial charge in [-0.05, 0) is 50.3 Å². The van der Waals surface area contributed by atoms with Crippen molar-refractivity contribution in [3.05, 3.63) is 40.2 Å². The van der Waals surface area contributed by atoms with Gasteiger partial charge in [0.2, 0.25) is 0 Å². The first-order chi connectivity index (χ1) is 15.1. The number of hydrogen-bond donors (Lipinski definition) is 2. The van der Waals surface area contributed by atoms with Crippen LogP contribution in [0.3, 0.4) is 0 Å². The number of halogens is 3. The van der Waals surface area contributed by atoms with Crippen molar-refractivity contribution in [1.82, 2.24) is 5.32 Å². The van der Waals surface area contributed by atoms with Crippen LogP contribution in [0.15, 0.2) is 22.8 Å². The van der Waals surface area contributed by atoms with Gasteiger partial charge in [0.1, 0.15) is 5.00 Å². The lowest BCUT2D eigenvalue weighted by Gasteiger charge is -2.34. The molecule has 0 aliphatic heterocycles. The number of carbonyl (C=O) groups excluding carboxylic acids is 3. The zero-order chi connectivity index (χ0) is 23.5. The summed E-state index contributed by atoms with van der Waals surface area (Å²) in [5, 5.41) is 3.54. The van der Waals surface area contributed by atoms with E-state index in [0.717, 1.165) is 48.5 Å². The molecule has 12 heteroatoms. The van der Waals surface area contributed by atoms with Crippen LogP contribution in [0.5, 0.6) is 0 Å². The van der Waals surface area contributed by atoms with Crippen LogP contribution in [0.4, 0.5) is 18.2 Å². The number of nitrogens with one attached hydrogen (secondary N) is 2. The van der Waals surface area contributed by atoms with E-state index in [2.05, 4.69) is 10.1 Å². The molecule has 2 heterocycles. The van der Waals surface area contributed by atoms with Crippen molar-refractivity contribution in [3.63, 3.8) is 0 Å². The second-order valence-corrected chi connectivity index (χ2v) is 8.04. The van der Waals surface area contributed by atoms with Crippen LogP contribution < -0.4 is 10.6 Å². The van der Waals surface area contributed by atoms with Crippen molar-refractivity contribution in [2.24, 2.45) is 0 Å². The number of esters is 2. The summed E-state index contributed by atoms with van der Waals surface area (Å²) in [5.41, 5.74) is -3.19. The Bertz CT molecular complexity index is 1000. The number of furan rings is 1. The molecule has 0 bridgehead atoms. The zero-order valence-corrected chi connectivity index (χ0v) is 18.1. The molecule has 0 fully saturated rings. The summed E-state index contributed by atoms with van der Waals surface area (Å²) in [4.78, 5) is 38.3. The minimum atomic E-state index is -5.35. The van der Waals surface area contributed by atoms with Crippen molar-refractivity contribution in [1.29, 1.82) is 0 Å². The van der Waals surface area contributed by atoms with Gasteiger partial charge < -0.3 is 24.5 Å². The number of carbonyl (C=O) groups is 3. The SMILES string of the molecule is CCOC(=O)[C@](NC(=O)c1ccco1)(Nc1sc2c(c1C(=O)OC)CCCC2)C(F)(F)F. The standard InChI is InChI=1S/C20H21F3N2O6S/c1-3-30-18(28)19(20(21,22)23,24-15(26)12-8-6-10-31-12)25-16-14(17(27)29-2)11-7-4-5-9-13(11)32-16/h6,8,10,25H,3-5,7,9H2,1-2H3,(H,24,26)/t19-/m0/s1. The van der Waals surface area contributed by atoms with Crippen molar-refractivity contribution in [3.8, 4) is 0 Å². The number of thiophene rings is 1. The van der Waals surface area contributed by atoms with E-state index >= 15 is 0 Å². The van der Waals surface area contributed by atoms with Crippen LogP contribution in [0, 0.1) is 0 Å². The molecule has 1 aliphatic rings. The van der Waals surface area contributed by atoms with E-state index in [-0.39, 0.29) is 17.2 Å². The number of fused-ring (bicyclic) bond motifs is 1. The van der Waals surface area contributed by atoms with Gasteiger partial charge in [0.25, 0.3) is 5.91 Å². The fourth-order valence-electron chi connectivity index (χ4n) is 3.41. The number of aryl methyl sites for hydroxylation is 1. The zero-order valence-electron chi connectivity index (χ0n) is 17.3. The van der Waals surface area contributed by atoms with Crippen molar-refractivity contribution in [2.45, 2.75) is 44.4 Å². The number of ether oxygens (including phenoxy) is 2.